The number of carboxylic acids is 1. The van der Waals surface area contributed by atoms with E-state index in [0.717, 1.165) is 21.6 Å². The van der Waals surface area contributed by atoms with Crippen LogP contribution in [0.15, 0.2) is 164 Å². The van der Waals surface area contributed by atoms with Gasteiger partial charge in [0.1, 0.15) is 84.0 Å². The zero-order chi connectivity index (χ0) is 93.2. The molecular weight excluding hydrogens is 1680 g/mol. The molecule has 14 N–H and O–H groups in total. The van der Waals surface area contributed by atoms with E-state index < -0.39 is 186 Å². The van der Waals surface area contributed by atoms with Gasteiger partial charge in [0.25, 0.3) is 0 Å². The van der Waals surface area contributed by atoms with Gasteiger partial charge < -0.3 is 93.1 Å². The summed E-state index contributed by atoms with van der Waals surface area (Å²) in [5.74, 6) is -16.0. The smallest absolute Gasteiger partial charge is 0.305 e. The molecule has 2 fully saturated rings. The third kappa shape index (κ3) is 28.1. The molecule has 7 aromatic rings. The fourth-order valence-electron chi connectivity index (χ4n) is 15.7. The van der Waals surface area contributed by atoms with Gasteiger partial charge in [-0.3, -0.25) is 71.9 Å². The van der Waals surface area contributed by atoms with E-state index >= 15 is 38.4 Å². The molecule has 12 atom stereocenters. The van der Waals surface area contributed by atoms with Crippen LogP contribution in [0.5, 0.6) is 11.5 Å². The number of aliphatic carboxylic acids is 1. The Bertz CT molecular complexity index is 5080. The summed E-state index contributed by atoms with van der Waals surface area (Å²) in [6.07, 6.45) is 0.557. The number of thioether (sulfide) groups is 1. The maximum absolute atomic E-state index is 15.7. The van der Waals surface area contributed by atoms with Crippen molar-refractivity contribution < 1.29 is 87.2 Å². The molecule has 35 heteroatoms. The Hall–Kier alpha value is -12.9. The lowest BCUT2D eigenvalue weighted by Crippen LogP contribution is -2.61. The van der Waals surface area contributed by atoms with Crippen molar-refractivity contribution in [3.63, 3.8) is 0 Å². The van der Waals surface area contributed by atoms with Crippen molar-refractivity contribution in [3.05, 3.63) is 202 Å². The molecule has 6 aromatic carbocycles. The van der Waals surface area contributed by atoms with Gasteiger partial charge in [0.2, 0.25) is 82.7 Å². The second-order valence-corrected chi connectivity index (χ2v) is 34.8. The number of halogens is 1. The quantitative estimate of drug-likeness (QED) is 0.0474. The van der Waals surface area contributed by atoms with E-state index in [9.17, 15) is 48.9 Å². The van der Waals surface area contributed by atoms with Crippen LogP contribution in [-0.4, -0.2) is 259 Å². The summed E-state index contributed by atoms with van der Waals surface area (Å²) in [5.41, 5.74) is 9.62. The van der Waals surface area contributed by atoms with E-state index in [2.05, 4.69) is 47.5 Å². The van der Waals surface area contributed by atoms with Crippen LogP contribution in [0.4, 0.5) is 0 Å². The van der Waals surface area contributed by atoms with E-state index in [0.29, 0.717) is 62.1 Å². The van der Waals surface area contributed by atoms with Crippen molar-refractivity contribution in [3.8, 4) is 11.5 Å². The highest BCUT2D eigenvalue weighted by molar-refractivity contribution is 8.00. The molecule has 0 aliphatic carbocycles. The molecule has 0 spiro atoms. The van der Waals surface area contributed by atoms with Crippen molar-refractivity contribution in [2.24, 2.45) is 17.6 Å². The zero-order valence-electron chi connectivity index (χ0n) is 73.3. The summed E-state index contributed by atoms with van der Waals surface area (Å²) in [7, 11) is 5.36. The van der Waals surface area contributed by atoms with E-state index in [1.54, 1.807) is 143 Å². The standard InChI is InChI=1S/C93H116ClN15O18S/c1-10-11-30-75-92(126)109-40-21-31-74(109)87(121)101-70(49-80(114)115)86(120)104-81(55(4)5)93(127)107(8)76(46-56-22-14-12-15-23-56)88(122)102-71(44-59-34-38-64(111)39-35-59)89(123)105(6)51-78(112)97-69(48-61-50-96-66-29-19-18-28-65(61)66)85(119)100-68(43-58-32-36-63(110)37-33-58)84(118)99-67(41-54(2)3)83(117)103-73(82(95)116)52-128-53-79(113)98-72(45-60-26-20-27-62(94)42-60)90(124)108(9)77(91(125)106(75)7)47-57-24-16-13-17-25-57/h12-20,22-29,32-39,42,50,54-55,67-77,81,96,110-111H,10-11,21,30-31,40-41,43-49,51-53H2,1-9H3,(H2,95,116)(H,97,112)(H,98,113)(H,99,118)(H,100,119)(H,101,121)(H,102,122)(H,103,117)(H,104,120)(H,114,115)/t67-,68-,69-,70-,71-,72-,73-,74+,75-,76-,77-,81-/m0/s1. The minimum absolute atomic E-state index is 0.0175. The highest BCUT2D eigenvalue weighted by Crippen LogP contribution is 2.28. The summed E-state index contributed by atoms with van der Waals surface area (Å²) >= 11 is 7.36. The van der Waals surface area contributed by atoms with Gasteiger partial charge in [0.15, 0.2) is 0 Å². The fraction of sp³-hybridized carbons (Fsp3) is 0.430. The Labute approximate surface area is 752 Å². The van der Waals surface area contributed by atoms with Gasteiger partial charge in [-0.2, -0.15) is 0 Å². The molecule has 2 aliphatic rings. The van der Waals surface area contributed by atoms with Gasteiger partial charge >= 0.3 is 5.97 Å². The molecule has 0 unspecified atom stereocenters. The Morgan fingerprint density at radius 2 is 1.01 bits per heavy atom. The summed E-state index contributed by atoms with van der Waals surface area (Å²) in [4.78, 5) is 232. The number of benzene rings is 6. The minimum Gasteiger partial charge on any atom is -0.508 e. The van der Waals surface area contributed by atoms with Gasteiger partial charge in [0.05, 0.1) is 18.7 Å². The van der Waals surface area contributed by atoms with Crippen molar-refractivity contribution in [1.29, 1.82) is 0 Å². The molecule has 1 aromatic heterocycles. The number of unbranched alkanes of at least 4 members (excludes halogenated alkanes) is 1. The lowest BCUT2D eigenvalue weighted by atomic mass is 9.98. The second-order valence-electron chi connectivity index (χ2n) is 33.4. The lowest BCUT2D eigenvalue weighted by molar-refractivity contribution is -0.152. The van der Waals surface area contributed by atoms with Crippen LogP contribution in [0, 0.1) is 11.8 Å². The monoisotopic (exact) mass is 1800 g/mol. The van der Waals surface area contributed by atoms with Crippen molar-refractivity contribution >= 4 is 123 Å². The number of fused-ring (bicyclic) bond motifs is 2. The average Bonchev–Trinajstić information content (AvgIpc) is 1.41. The van der Waals surface area contributed by atoms with Gasteiger partial charge in [-0.25, -0.2) is 0 Å². The normalized spacial score (nSPS) is 23.1. The Morgan fingerprint density at radius 1 is 0.500 bits per heavy atom. The number of H-pyrrole nitrogens is 1. The predicted molar refractivity (Wildman–Crippen MR) is 481 cm³/mol. The molecule has 14 amide bonds. The molecular formula is C93H116ClN15O18S. The third-order valence-corrected chi connectivity index (χ3v) is 24.0. The van der Waals surface area contributed by atoms with Crippen LogP contribution in [0.3, 0.4) is 0 Å². The molecule has 0 bridgehead atoms. The molecule has 9 rings (SSSR count). The number of hydrogen-bond acceptors (Lipinski definition) is 18. The number of para-hydroxylation sites is 1. The van der Waals surface area contributed by atoms with Crippen LogP contribution in [-0.2, 0) is 110 Å². The number of amides is 14. The van der Waals surface area contributed by atoms with E-state index in [-0.39, 0.29) is 93.9 Å². The van der Waals surface area contributed by atoms with Crippen LogP contribution in [0.1, 0.15) is 113 Å². The van der Waals surface area contributed by atoms with Gasteiger partial charge in [-0.15, -0.1) is 11.8 Å². The van der Waals surface area contributed by atoms with Crippen LogP contribution in [0.2, 0.25) is 5.02 Å². The van der Waals surface area contributed by atoms with E-state index in [4.69, 9.17) is 17.3 Å². The van der Waals surface area contributed by atoms with Crippen LogP contribution >= 0.6 is 23.4 Å². The second kappa shape index (κ2) is 47.1. The first-order valence-corrected chi connectivity index (χ1v) is 44.3. The van der Waals surface area contributed by atoms with Crippen molar-refractivity contribution in [2.45, 2.75) is 191 Å². The number of aromatic hydroxyl groups is 2. The Kier molecular flexibility index (Phi) is 36.4. The number of aromatic amines is 1. The SMILES string of the molecule is CCCC[C@H]1C(=O)N2CCC[C@@H]2C(=O)N[C@@H](CC(=O)O)C(=O)N[C@@H](C(C)C)C(=O)N(C)[C@@H](Cc2ccccc2)C(=O)N[C@@H](Cc2ccc(O)cc2)C(=O)N(C)CC(=O)N[C@@H](Cc2c[nH]c3ccccc23)C(=O)N[C@@H](Cc2ccc(O)cc2)C(=O)N[C@@H](CC(C)C)C(=O)N[C@H](C(N)=O)CSCC(=O)N[C@@H](Cc2cccc(Cl)c2)C(=O)N(C)[C@@H](Cc2ccccc2)C(=O)N1C. The van der Waals surface area contributed by atoms with Crippen LogP contribution < -0.4 is 48.3 Å². The number of nitrogens with one attached hydrogen (secondary N) is 9. The van der Waals surface area contributed by atoms with Crippen molar-refractivity contribution in [1.82, 2.24) is 72.0 Å². The zero-order valence-corrected chi connectivity index (χ0v) is 74.8. The molecule has 684 valence electrons. The highest BCUT2D eigenvalue weighted by Gasteiger charge is 2.45. The third-order valence-electron chi connectivity index (χ3n) is 22.8. The summed E-state index contributed by atoms with van der Waals surface area (Å²) in [5, 5.41) is 53.8. The van der Waals surface area contributed by atoms with E-state index in [1.165, 1.54) is 91.4 Å². The summed E-state index contributed by atoms with van der Waals surface area (Å²) in [6.45, 7) is 7.77. The maximum Gasteiger partial charge on any atom is 0.305 e. The summed E-state index contributed by atoms with van der Waals surface area (Å²) in [6, 6.07) is 24.4. The minimum atomic E-state index is -1.89. The maximum atomic E-state index is 15.7. The Balaban J connectivity index is 1.11. The first-order chi connectivity index (χ1) is 61.0. The number of nitrogens with two attached hydrogens (primary N) is 1. The van der Waals surface area contributed by atoms with Crippen molar-refractivity contribution in [2.75, 3.05) is 52.8 Å². The largest absolute Gasteiger partial charge is 0.508 e. The first-order valence-electron chi connectivity index (χ1n) is 42.8. The molecule has 0 saturated carbocycles. The predicted octanol–water partition coefficient (Wildman–Crippen LogP) is 4.40. The Morgan fingerprint density at radius 3 is 1.60 bits per heavy atom. The number of hydrogen-bond donors (Lipinski definition) is 13. The number of nitrogens with zero attached hydrogens (tertiary/aromatic N) is 5. The number of phenolic OH excluding ortho intramolecular Hbond substituents is 2. The number of primary amides is 1. The molecule has 3 heterocycles. The summed E-state index contributed by atoms with van der Waals surface area (Å²) < 4.78 is 0. The number of phenols is 2. The number of carboxylic acid groups (broad SMARTS) is 1. The number of likely N-dealkylation sites (N-methyl/N-ethyl adjacent to an activating group) is 4. The molecule has 33 nitrogen and oxygen atoms in total. The van der Waals surface area contributed by atoms with Gasteiger partial charge in [-0.1, -0.05) is 174 Å². The molecule has 2 aliphatic heterocycles. The van der Waals surface area contributed by atoms with Gasteiger partial charge in [0, 0.05) is 101 Å². The highest BCUT2D eigenvalue weighted by atomic mass is 35.5. The lowest BCUT2D eigenvalue weighted by Gasteiger charge is -2.38. The molecule has 128 heavy (non-hydrogen) atoms. The number of aromatic nitrogens is 1. The number of carbonyl (C=O) groups is 15. The molecule has 0 radical (unpaired) electrons. The average molecular weight is 1800 g/mol. The van der Waals surface area contributed by atoms with Gasteiger partial charge in [-0.05, 0) is 113 Å². The van der Waals surface area contributed by atoms with Crippen LogP contribution in [0.25, 0.3) is 10.9 Å². The first kappa shape index (κ1) is 98.9. The number of carbonyl (C=O) groups excluding carboxylic acids is 14. The molecule has 2 saturated heterocycles. The fourth-order valence-corrected chi connectivity index (χ4v) is 16.8. The van der Waals surface area contributed by atoms with E-state index in [1.807, 2.05) is 6.92 Å². The number of rotatable bonds is 21. The topological polar surface area (TPSA) is 471 Å².